The van der Waals surface area contributed by atoms with Gasteiger partial charge in [0.05, 0.1) is 0 Å². The Kier molecular flexibility index (Phi) is 5.67. The Morgan fingerprint density at radius 3 is 2.65 bits per heavy atom. The second-order valence-electron chi connectivity index (χ2n) is 6.69. The number of anilines is 1. The van der Waals surface area contributed by atoms with Crippen LogP contribution in [0.25, 0.3) is 5.76 Å². The van der Waals surface area contributed by atoms with Gasteiger partial charge in [-0.2, -0.15) is 0 Å². The Balaban J connectivity index is 0.000000433. The molecule has 0 amide bonds. The SMILES string of the molecule is C=CC1Nc2cc(C(=C)O)ccc2C2C=CCCC12.CN(C)C. The van der Waals surface area contributed by atoms with E-state index in [1.165, 1.54) is 12.0 Å². The maximum absolute atomic E-state index is 9.52. The Hall–Kier alpha value is -2.00. The third kappa shape index (κ3) is 4.05. The second-order valence-corrected chi connectivity index (χ2v) is 6.69. The number of hydrogen-bond donors (Lipinski definition) is 2. The van der Waals surface area contributed by atoms with Crippen LogP contribution in [0, 0.1) is 5.92 Å². The first-order chi connectivity index (χ1) is 10.9. The van der Waals surface area contributed by atoms with E-state index < -0.39 is 0 Å². The van der Waals surface area contributed by atoms with Crippen molar-refractivity contribution < 1.29 is 5.11 Å². The van der Waals surface area contributed by atoms with Crippen LogP contribution < -0.4 is 5.32 Å². The lowest BCUT2D eigenvalue weighted by molar-refractivity contribution is 0.394. The van der Waals surface area contributed by atoms with Crippen molar-refractivity contribution in [3.8, 4) is 0 Å². The molecule has 1 aliphatic carbocycles. The van der Waals surface area contributed by atoms with Gasteiger partial charge in [-0.05, 0) is 51.5 Å². The van der Waals surface area contributed by atoms with Crippen molar-refractivity contribution in [2.75, 3.05) is 26.5 Å². The van der Waals surface area contributed by atoms with Gasteiger partial charge in [0.1, 0.15) is 5.76 Å². The molecule has 1 heterocycles. The van der Waals surface area contributed by atoms with Gasteiger partial charge in [-0.3, -0.25) is 0 Å². The molecule has 2 N–H and O–H groups in total. The third-order valence-electron chi connectivity index (χ3n) is 4.25. The Morgan fingerprint density at radius 1 is 1.35 bits per heavy atom. The quantitative estimate of drug-likeness (QED) is 0.626. The molecular formula is C20H28N2O. The zero-order valence-corrected chi connectivity index (χ0v) is 14.4. The Morgan fingerprint density at radius 2 is 2.04 bits per heavy atom. The molecule has 0 aromatic heterocycles. The zero-order valence-electron chi connectivity index (χ0n) is 14.4. The summed E-state index contributed by atoms with van der Waals surface area (Å²) in [6.07, 6.45) is 8.93. The molecule has 23 heavy (non-hydrogen) atoms. The van der Waals surface area contributed by atoms with Crippen LogP contribution in [0.5, 0.6) is 0 Å². The summed E-state index contributed by atoms with van der Waals surface area (Å²) >= 11 is 0. The molecule has 1 aliphatic heterocycles. The summed E-state index contributed by atoms with van der Waals surface area (Å²) in [7, 11) is 6.00. The summed E-state index contributed by atoms with van der Waals surface area (Å²) in [5.74, 6) is 1.15. The van der Waals surface area contributed by atoms with Gasteiger partial charge in [0.25, 0.3) is 0 Å². The maximum Gasteiger partial charge on any atom is 0.115 e. The van der Waals surface area contributed by atoms with Crippen molar-refractivity contribution in [1.82, 2.24) is 4.90 Å². The van der Waals surface area contributed by atoms with E-state index in [1.807, 2.05) is 44.3 Å². The lowest BCUT2D eigenvalue weighted by Gasteiger charge is -2.40. The first-order valence-electron chi connectivity index (χ1n) is 8.13. The van der Waals surface area contributed by atoms with Crippen molar-refractivity contribution in [3.63, 3.8) is 0 Å². The first kappa shape index (κ1) is 17.4. The first-order valence-corrected chi connectivity index (χ1v) is 8.13. The molecule has 0 bridgehead atoms. The average Bonchev–Trinajstić information content (AvgIpc) is 2.52. The van der Waals surface area contributed by atoms with E-state index in [0.717, 1.165) is 17.7 Å². The number of nitrogens with one attached hydrogen (secondary N) is 1. The number of aliphatic hydroxyl groups is 1. The fraction of sp³-hybridized carbons (Fsp3) is 0.400. The fourth-order valence-corrected chi connectivity index (χ4v) is 3.26. The highest BCUT2D eigenvalue weighted by molar-refractivity contribution is 5.67. The van der Waals surface area contributed by atoms with E-state index in [1.54, 1.807) is 0 Å². The predicted octanol–water partition coefficient (Wildman–Crippen LogP) is 4.42. The summed E-state index contributed by atoms with van der Waals surface area (Å²) in [4.78, 5) is 2.00. The van der Waals surface area contributed by atoms with Crippen molar-refractivity contribution in [1.29, 1.82) is 0 Å². The van der Waals surface area contributed by atoms with Crippen LogP contribution in [-0.4, -0.2) is 37.2 Å². The minimum atomic E-state index is 0.112. The van der Waals surface area contributed by atoms with Crippen LogP contribution in [0.3, 0.4) is 0 Å². The molecule has 124 valence electrons. The predicted molar refractivity (Wildman–Crippen MR) is 99.9 cm³/mol. The van der Waals surface area contributed by atoms with Gasteiger partial charge in [0, 0.05) is 23.2 Å². The molecule has 2 aliphatic rings. The molecule has 3 unspecified atom stereocenters. The third-order valence-corrected chi connectivity index (χ3v) is 4.25. The number of benzene rings is 1. The number of aliphatic hydroxyl groups excluding tert-OH is 1. The molecule has 0 spiro atoms. The fourth-order valence-electron chi connectivity index (χ4n) is 3.26. The molecule has 3 heteroatoms. The number of fused-ring (bicyclic) bond motifs is 3. The molecule has 0 radical (unpaired) electrons. The lowest BCUT2D eigenvalue weighted by Crippen LogP contribution is -2.37. The van der Waals surface area contributed by atoms with Gasteiger partial charge in [-0.15, -0.1) is 6.58 Å². The molecule has 3 atom stereocenters. The van der Waals surface area contributed by atoms with Crippen LogP contribution in [0.1, 0.15) is 29.9 Å². The van der Waals surface area contributed by atoms with E-state index in [-0.39, 0.29) is 5.76 Å². The van der Waals surface area contributed by atoms with Crippen LogP contribution in [-0.2, 0) is 0 Å². The van der Waals surface area contributed by atoms with Gasteiger partial charge in [-0.25, -0.2) is 0 Å². The normalized spacial score (nSPS) is 24.6. The molecule has 0 saturated heterocycles. The van der Waals surface area contributed by atoms with Crippen LogP contribution in [0.15, 0.2) is 49.6 Å². The molecule has 0 saturated carbocycles. The van der Waals surface area contributed by atoms with E-state index in [9.17, 15) is 5.11 Å². The molecule has 3 rings (SSSR count). The molecule has 1 aromatic carbocycles. The number of nitrogens with zero attached hydrogens (tertiary/aromatic N) is 1. The highest BCUT2D eigenvalue weighted by atomic mass is 16.3. The van der Waals surface area contributed by atoms with Gasteiger partial charge >= 0.3 is 0 Å². The van der Waals surface area contributed by atoms with Gasteiger partial charge in [0.15, 0.2) is 0 Å². The Labute approximate surface area is 140 Å². The minimum absolute atomic E-state index is 0.112. The Bertz CT molecular complexity index is 601. The topological polar surface area (TPSA) is 35.5 Å². The van der Waals surface area contributed by atoms with Crippen molar-refractivity contribution in [2.24, 2.45) is 5.92 Å². The molecule has 0 fully saturated rings. The van der Waals surface area contributed by atoms with E-state index in [4.69, 9.17) is 0 Å². The summed E-state index contributed by atoms with van der Waals surface area (Å²) in [5, 5.41) is 13.1. The van der Waals surface area contributed by atoms with Crippen LogP contribution >= 0.6 is 0 Å². The summed E-state index contributed by atoms with van der Waals surface area (Å²) in [6, 6.07) is 6.32. The summed E-state index contributed by atoms with van der Waals surface area (Å²) in [5.41, 5.74) is 3.17. The van der Waals surface area contributed by atoms with Gasteiger partial charge in [0.2, 0.25) is 0 Å². The van der Waals surface area contributed by atoms with E-state index in [2.05, 4.69) is 36.7 Å². The van der Waals surface area contributed by atoms with Crippen molar-refractivity contribution in [3.05, 3.63) is 60.7 Å². The number of allylic oxidation sites excluding steroid dienone is 2. The summed E-state index contributed by atoms with van der Waals surface area (Å²) < 4.78 is 0. The maximum atomic E-state index is 9.52. The van der Waals surface area contributed by atoms with Crippen LogP contribution in [0.4, 0.5) is 5.69 Å². The largest absolute Gasteiger partial charge is 0.508 e. The molecular weight excluding hydrogens is 284 g/mol. The van der Waals surface area contributed by atoms with Gasteiger partial charge < -0.3 is 15.3 Å². The second kappa shape index (κ2) is 7.51. The average molecular weight is 312 g/mol. The zero-order chi connectivity index (χ0) is 17.0. The number of hydrogen-bond acceptors (Lipinski definition) is 3. The van der Waals surface area contributed by atoms with Crippen LogP contribution in [0.2, 0.25) is 0 Å². The number of rotatable bonds is 2. The van der Waals surface area contributed by atoms with E-state index in [0.29, 0.717) is 17.9 Å². The van der Waals surface area contributed by atoms with Gasteiger partial charge in [-0.1, -0.05) is 36.9 Å². The van der Waals surface area contributed by atoms with Crippen molar-refractivity contribution in [2.45, 2.75) is 24.8 Å². The monoisotopic (exact) mass is 312 g/mol. The summed E-state index contributed by atoms with van der Waals surface area (Å²) in [6.45, 7) is 7.54. The van der Waals surface area contributed by atoms with E-state index >= 15 is 0 Å². The molecule has 3 nitrogen and oxygen atoms in total. The minimum Gasteiger partial charge on any atom is -0.508 e. The smallest absolute Gasteiger partial charge is 0.115 e. The highest BCUT2D eigenvalue weighted by Crippen LogP contribution is 2.44. The standard InChI is InChI=1S/C17H19NO.C3H9N/c1-3-16-14-7-5-4-6-13(14)15-9-8-12(11(2)19)10-17(15)18-16;1-4(2)3/h3-4,6,8-10,13-14,16,18-19H,1-2,5,7H2;1-3H3. The lowest BCUT2D eigenvalue weighted by atomic mass is 9.72. The van der Waals surface area contributed by atoms with Crippen molar-refractivity contribution >= 4 is 11.4 Å². The molecule has 1 aromatic rings. The highest BCUT2D eigenvalue weighted by Gasteiger charge is 2.34.